The zero-order valence-corrected chi connectivity index (χ0v) is 14.8. The average Bonchev–Trinajstić information content (AvgIpc) is 3.20. The van der Waals surface area contributed by atoms with Gasteiger partial charge in [-0.2, -0.15) is 4.98 Å². The van der Waals surface area contributed by atoms with Gasteiger partial charge < -0.3 is 4.74 Å². The van der Waals surface area contributed by atoms with E-state index in [0.717, 1.165) is 4.90 Å². The van der Waals surface area contributed by atoms with E-state index < -0.39 is 29.7 Å². The van der Waals surface area contributed by atoms with Gasteiger partial charge in [-0.05, 0) is 18.1 Å². The van der Waals surface area contributed by atoms with Crippen molar-refractivity contribution in [2.24, 2.45) is 5.92 Å². The molecule has 10 heteroatoms. The zero-order chi connectivity index (χ0) is 19.7. The molecule has 1 aliphatic heterocycles. The third-order valence-electron chi connectivity index (χ3n) is 4.10. The van der Waals surface area contributed by atoms with E-state index in [1.807, 2.05) is 0 Å². The summed E-state index contributed by atoms with van der Waals surface area (Å²) in [5.41, 5.74) is 0.513. The fraction of sp³-hybridized carbons (Fsp3) is 0.294. The summed E-state index contributed by atoms with van der Waals surface area (Å²) in [6.45, 7) is 3.43. The number of carbonyl (C=O) groups is 4. The molecular weight excluding hydrogens is 354 g/mol. The first-order valence-corrected chi connectivity index (χ1v) is 8.13. The maximum atomic E-state index is 12.8. The SMILES string of the molecule is COC(=O)c1nc(NC(=O)[C@H](C(C)C)N2C(=O)c3ccccc3C2=O)n[nH]1. The molecule has 0 unspecified atom stereocenters. The summed E-state index contributed by atoms with van der Waals surface area (Å²) in [4.78, 5) is 54.3. The number of esters is 1. The fourth-order valence-electron chi connectivity index (χ4n) is 2.87. The fourth-order valence-corrected chi connectivity index (χ4v) is 2.87. The van der Waals surface area contributed by atoms with Crippen LogP contribution < -0.4 is 5.32 Å². The van der Waals surface area contributed by atoms with E-state index in [0.29, 0.717) is 0 Å². The molecule has 1 atom stereocenters. The van der Waals surface area contributed by atoms with Crippen LogP contribution in [-0.2, 0) is 9.53 Å². The largest absolute Gasteiger partial charge is 0.463 e. The lowest BCUT2D eigenvalue weighted by Crippen LogP contribution is -2.50. The number of carbonyl (C=O) groups excluding carboxylic acids is 4. The number of H-pyrrole nitrogens is 1. The lowest BCUT2D eigenvalue weighted by atomic mass is 10.0. The van der Waals surface area contributed by atoms with Crippen molar-refractivity contribution in [2.75, 3.05) is 12.4 Å². The van der Waals surface area contributed by atoms with Gasteiger partial charge in [-0.15, -0.1) is 5.10 Å². The number of amides is 3. The van der Waals surface area contributed by atoms with Crippen LogP contribution in [0.5, 0.6) is 0 Å². The molecule has 0 aliphatic carbocycles. The molecular formula is C17H17N5O5. The second-order valence-corrected chi connectivity index (χ2v) is 6.20. The number of aromatic nitrogens is 3. The Kier molecular flexibility index (Phi) is 4.72. The summed E-state index contributed by atoms with van der Waals surface area (Å²) in [7, 11) is 1.18. The van der Waals surface area contributed by atoms with Crippen molar-refractivity contribution in [3.63, 3.8) is 0 Å². The van der Waals surface area contributed by atoms with E-state index in [2.05, 4.69) is 25.2 Å². The normalized spacial score (nSPS) is 14.3. The lowest BCUT2D eigenvalue weighted by Gasteiger charge is -2.27. The highest BCUT2D eigenvalue weighted by Crippen LogP contribution is 2.27. The quantitative estimate of drug-likeness (QED) is 0.588. The van der Waals surface area contributed by atoms with Crippen molar-refractivity contribution < 1.29 is 23.9 Å². The van der Waals surface area contributed by atoms with Gasteiger partial charge in [-0.3, -0.25) is 29.7 Å². The van der Waals surface area contributed by atoms with Crippen LogP contribution in [0.15, 0.2) is 24.3 Å². The van der Waals surface area contributed by atoms with Gasteiger partial charge in [0.25, 0.3) is 11.8 Å². The molecule has 3 rings (SSSR count). The molecule has 2 aromatic rings. The number of imide groups is 1. The van der Waals surface area contributed by atoms with Gasteiger partial charge in [0.15, 0.2) is 0 Å². The minimum absolute atomic E-state index is 0.164. The summed E-state index contributed by atoms with van der Waals surface area (Å²) in [6.07, 6.45) is 0. The van der Waals surface area contributed by atoms with Crippen molar-refractivity contribution >= 4 is 29.6 Å². The number of rotatable bonds is 5. The summed E-state index contributed by atoms with van der Waals surface area (Å²) < 4.78 is 4.50. The number of methoxy groups -OCH3 is 1. The molecule has 1 aromatic carbocycles. The maximum absolute atomic E-state index is 12.8. The highest BCUT2D eigenvalue weighted by atomic mass is 16.5. The lowest BCUT2D eigenvalue weighted by molar-refractivity contribution is -0.121. The third-order valence-corrected chi connectivity index (χ3v) is 4.10. The molecule has 3 amide bonds. The topological polar surface area (TPSA) is 134 Å². The van der Waals surface area contributed by atoms with Gasteiger partial charge in [-0.25, -0.2) is 4.79 Å². The van der Waals surface area contributed by atoms with Crippen LogP contribution in [0.1, 0.15) is 45.2 Å². The first-order chi connectivity index (χ1) is 12.8. The Morgan fingerprint density at radius 3 is 2.26 bits per heavy atom. The van der Waals surface area contributed by atoms with E-state index >= 15 is 0 Å². The van der Waals surface area contributed by atoms with Crippen molar-refractivity contribution in [3.8, 4) is 0 Å². The number of nitrogens with zero attached hydrogens (tertiary/aromatic N) is 3. The average molecular weight is 371 g/mol. The predicted molar refractivity (Wildman–Crippen MR) is 91.9 cm³/mol. The van der Waals surface area contributed by atoms with Crippen LogP contribution in [0.3, 0.4) is 0 Å². The van der Waals surface area contributed by atoms with Gasteiger partial charge in [-0.1, -0.05) is 26.0 Å². The Morgan fingerprint density at radius 1 is 1.15 bits per heavy atom. The summed E-state index contributed by atoms with van der Waals surface area (Å²) in [5, 5.41) is 8.47. The second-order valence-electron chi connectivity index (χ2n) is 6.20. The number of benzene rings is 1. The number of aromatic amines is 1. The van der Waals surface area contributed by atoms with Crippen molar-refractivity contribution in [1.29, 1.82) is 0 Å². The van der Waals surface area contributed by atoms with Gasteiger partial charge in [0.05, 0.1) is 18.2 Å². The van der Waals surface area contributed by atoms with Crippen molar-refractivity contribution in [2.45, 2.75) is 19.9 Å². The van der Waals surface area contributed by atoms with E-state index in [-0.39, 0.29) is 28.8 Å². The minimum atomic E-state index is -1.07. The molecule has 27 heavy (non-hydrogen) atoms. The number of fused-ring (bicyclic) bond motifs is 1. The van der Waals surface area contributed by atoms with Gasteiger partial charge >= 0.3 is 5.97 Å². The number of anilines is 1. The molecule has 0 saturated carbocycles. The Bertz CT molecular complexity index is 900. The molecule has 0 radical (unpaired) electrons. The Morgan fingerprint density at radius 2 is 1.74 bits per heavy atom. The Labute approximate surface area is 153 Å². The Hall–Kier alpha value is -3.56. The Balaban J connectivity index is 1.85. The molecule has 0 bridgehead atoms. The molecule has 1 aromatic heterocycles. The van der Waals surface area contributed by atoms with Gasteiger partial charge in [0, 0.05) is 0 Å². The summed E-state index contributed by atoms with van der Waals surface area (Å²) in [6, 6.07) is 5.32. The van der Waals surface area contributed by atoms with E-state index in [4.69, 9.17) is 0 Å². The smallest absolute Gasteiger partial charge is 0.375 e. The molecule has 0 saturated heterocycles. The van der Waals surface area contributed by atoms with Gasteiger partial charge in [0.1, 0.15) is 6.04 Å². The van der Waals surface area contributed by atoms with Crippen LogP contribution in [0, 0.1) is 5.92 Å². The highest BCUT2D eigenvalue weighted by Gasteiger charge is 2.44. The number of ether oxygens (including phenoxy) is 1. The second kappa shape index (κ2) is 6.98. The van der Waals surface area contributed by atoms with Crippen LogP contribution in [-0.4, -0.2) is 56.9 Å². The van der Waals surface area contributed by atoms with Crippen LogP contribution in [0.25, 0.3) is 0 Å². The molecule has 1 aliphatic rings. The number of nitrogens with one attached hydrogen (secondary N) is 2. The number of hydrogen-bond donors (Lipinski definition) is 2. The molecule has 0 spiro atoms. The summed E-state index contributed by atoms with van der Waals surface area (Å²) >= 11 is 0. The monoisotopic (exact) mass is 371 g/mol. The standard InChI is InChI=1S/C17H17N5O5/c1-8(2)11(13(23)19-17-18-12(20-21-17)16(26)27-3)22-14(24)9-6-4-5-7-10(9)15(22)25/h4-8,11H,1-3H3,(H2,18,19,20,21,23)/t11-/m0/s1. The van der Waals surface area contributed by atoms with Crippen LogP contribution in [0.4, 0.5) is 5.95 Å². The summed E-state index contributed by atoms with van der Waals surface area (Å²) in [5.74, 6) is -3.17. The van der Waals surface area contributed by atoms with E-state index in [9.17, 15) is 19.2 Å². The molecule has 10 nitrogen and oxygen atoms in total. The molecule has 2 N–H and O–H groups in total. The van der Waals surface area contributed by atoms with Gasteiger partial charge in [0.2, 0.25) is 17.7 Å². The third kappa shape index (κ3) is 3.16. The predicted octanol–water partition coefficient (Wildman–Crippen LogP) is 0.851. The highest BCUT2D eigenvalue weighted by molar-refractivity contribution is 6.23. The van der Waals surface area contributed by atoms with E-state index in [1.54, 1.807) is 38.1 Å². The first-order valence-electron chi connectivity index (χ1n) is 8.13. The molecule has 0 fully saturated rings. The molecule has 140 valence electrons. The van der Waals surface area contributed by atoms with Crippen molar-refractivity contribution in [3.05, 3.63) is 41.2 Å². The molecule has 2 heterocycles. The van der Waals surface area contributed by atoms with E-state index in [1.165, 1.54) is 7.11 Å². The zero-order valence-electron chi connectivity index (χ0n) is 14.8. The minimum Gasteiger partial charge on any atom is -0.463 e. The number of hydrogen-bond acceptors (Lipinski definition) is 7. The van der Waals surface area contributed by atoms with Crippen LogP contribution in [0.2, 0.25) is 0 Å². The first kappa shape index (κ1) is 18.2. The van der Waals surface area contributed by atoms with Crippen molar-refractivity contribution in [1.82, 2.24) is 20.1 Å². The maximum Gasteiger partial charge on any atom is 0.375 e. The van der Waals surface area contributed by atoms with Crippen LogP contribution >= 0.6 is 0 Å².